The van der Waals surface area contributed by atoms with Crippen LogP contribution in [0.5, 0.6) is 0 Å². The highest BCUT2D eigenvalue weighted by molar-refractivity contribution is 9.09. The molecular formula is C12H18BrN3O3. The molecular weight excluding hydrogens is 314 g/mol. The molecule has 6 nitrogen and oxygen atoms in total. The van der Waals surface area contributed by atoms with Crippen LogP contribution in [0.4, 0.5) is 0 Å². The molecule has 7 heteroatoms. The highest BCUT2D eigenvalue weighted by Crippen LogP contribution is 2.10. The maximum absolute atomic E-state index is 12.2. The lowest BCUT2D eigenvalue weighted by Crippen LogP contribution is -2.49. The van der Waals surface area contributed by atoms with E-state index in [1.54, 1.807) is 13.2 Å². The standard InChI is InChI=1S/C12H18BrN3O3/c1-18-9-10-8-11(14-19-10)12(17)16-6-4-15(3-2-13)5-7-16/h8H,2-7,9H2,1H3. The van der Waals surface area contributed by atoms with Gasteiger partial charge < -0.3 is 14.2 Å². The first-order valence-electron chi connectivity index (χ1n) is 6.26. The average Bonchev–Trinajstić information content (AvgIpc) is 2.88. The Labute approximate surface area is 120 Å². The normalized spacial score (nSPS) is 16.8. The minimum absolute atomic E-state index is 0.0652. The molecule has 1 amide bonds. The number of nitrogens with zero attached hydrogens (tertiary/aromatic N) is 3. The number of carbonyl (C=O) groups excluding carboxylic acids is 1. The molecule has 0 bridgehead atoms. The lowest BCUT2D eigenvalue weighted by atomic mass is 10.2. The molecule has 0 saturated carbocycles. The predicted molar refractivity (Wildman–Crippen MR) is 73.4 cm³/mol. The molecule has 0 N–H and O–H groups in total. The number of amides is 1. The molecule has 0 radical (unpaired) electrons. The molecule has 19 heavy (non-hydrogen) atoms. The van der Waals surface area contributed by atoms with Crippen LogP contribution in [0.15, 0.2) is 10.6 Å². The lowest BCUT2D eigenvalue weighted by Gasteiger charge is -2.33. The molecule has 2 heterocycles. The van der Waals surface area contributed by atoms with Crippen LogP contribution in [0, 0.1) is 0 Å². The van der Waals surface area contributed by atoms with Gasteiger partial charge >= 0.3 is 0 Å². The van der Waals surface area contributed by atoms with Crippen LogP contribution in [0.25, 0.3) is 0 Å². The molecule has 0 aromatic carbocycles. The summed E-state index contributed by atoms with van der Waals surface area (Å²) in [7, 11) is 1.58. The topological polar surface area (TPSA) is 58.8 Å². The van der Waals surface area contributed by atoms with E-state index >= 15 is 0 Å². The number of hydrogen-bond acceptors (Lipinski definition) is 5. The Kier molecular flexibility index (Phi) is 5.35. The van der Waals surface area contributed by atoms with Gasteiger partial charge in [0.05, 0.1) is 0 Å². The fourth-order valence-electron chi connectivity index (χ4n) is 2.08. The van der Waals surface area contributed by atoms with E-state index in [0.29, 0.717) is 18.1 Å². The molecule has 1 fully saturated rings. The summed E-state index contributed by atoms with van der Waals surface area (Å²) < 4.78 is 9.98. The molecule has 1 aromatic heterocycles. The van der Waals surface area contributed by atoms with Crippen LogP contribution >= 0.6 is 15.9 Å². The van der Waals surface area contributed by atoms with Crippen molar-refractivity contribution in [2.75, 3.05) is 45.2 Å². The number of carbonyl (C=O) groups is 1. The number of halogens is 1. The van der Waals surface area contributed by atoms with Crippen molar-refractivity contribution in [3.05, 3.63) is 17.5 Å². The second-order valence-electron chi connectivity index (χ2n) is 4.43. The van der Waals surface area contributed by atoms with Gasteiger partial charge in [0.15, 0.2) is 11.5 Å². The van der Waals surface area contributed by atoms with E-state index in [1.807, 2.05) is 4.90 Å². The number of rotatable bonds is 5. The van der Waals surface area contributed by atoms with Crippen molar-refractivity contribution in [2.24, 2.45) is 0 Å². The summed E-state index contributed by atoms with van der Waals surface area (Å²) in [6, 6.07) is 1.65. The highest BCUT2D eigenvalue weighted by atomic mass is 79.9. The van der Waals surface area contributed by atoms with Crippen LogP contribution in [-0.4, -0.2) is 66.0 Å². The number of alkyl halides is 1. The van der Waals surface area contributed by atoms with Crippen LogP contribution in [0.1, 0.15) is 16.2 Å². The fraction of sp³-hybridized carbons (Fsp3) is 0.667. The van der Waals surface area contributed by atoms with Gasteiger partial charge in [0.1, 0.15) is 6.61 Å². The van der Waals surface area contributed by atoms with E-state index in [4.69, 9.17) is 9.26 Å². The first kappa shape index (κ1) is 14.5. The Hall–Kier alpha value is -0.920. The minimum Gasteiger partial charge on any atom is -0.377 e. The number of ether oxygens (including phenoxy) is 1. The third-order valence-corrected chi connectivity index (χ3v) is 3.48. The molecule has 0 spiro atoms. The van der Waals surface area contributed by atoms with Gasteiger partial charge in [0.2, 0.25) is 0 Å². The molecule has 1 aromatic rings. The maximum Gasteiger partial charge on any atom is 0.276 e. The third kappa shape index (κ3) is 3.77. The van der Waals surface area contributed by atoms with Crippen LogP contribution in [0.3, 0.4) is 0 Å². The summed E-state index contributed by atoms with van der Waals surface area (Å²) in [4.78, 5) is 16.4. The fourth-order valence-corrected chi connectivity index (χ4v) is 2.58. The smallest absolute Gasteiger partial charge is 0.276 e. The molecule has 1 aliphatic heterocycles. The monoisotopic (exact) mass is 331 g/mol. The Morgan fingerprint density at radius 1 is 1.47 bits per heavy atom. The average molecular weight is 332 g/mol. The van der Waals surface area contributed by atoms with Gasteiger partial charge in [-0.3, -0.25) is 9.69 Å². The maximum atomic E-state index is 12.2. The Bertz CT molecular complexity index is 416. The highest BCUT2D eigenvalue weighted by Gasteiger charge is 2.24. The zero-order valence-electron chi connectivity index (χ0n) is 11.0. The Morgan fingerprint density at radius 3 is 2.84 bits per heavy atom. The number of methoxy groups -OCH3 is 1. The molecule has 0 unspecified atom stereocenters. The summed E-state index contributed by atoms with van der Waals surface area (Å²) in [5.74, 6) is 0.508. The Morgan fingerprint density at radius 2 is 2.21 bits per heavy atom. The summed E-state index contributed by atoms with van der Waals surface area (Å²) in [6.45, 7) is 4.63. The van der Waals surface area contributed by atoms with Gasteiger partial charge in [-0.15, -0.1) is 0 Å². The quantitative estimate of drug-likeness (QED) is 0.752. The number of aromatic nitrogens is 1. The van der Waals surface area contributed by atoms with E-state index in [-0.39, 0.29) is 5.91 Å². The van der Waals surface area contributed by atoms with Crippen molar-refractivity contribution in [1.82, 2.24) is 15.0 Å². The van der Waals surface area contributed by atoms with Crippen molar-refractivity contribution in [2.45, 2.75) is 6.61 Å². The zero-order chi connectivity index (χ0) is 13.7. The lowest BCUT2D eigenvalue weighted by molar-refractivity contribution is 0.0634. The van der Waals surface area contributed by atoms with Gasteiger partial charge in [-0.2, -0.15) is 0 Å². The molecule has 1 aliphatic rings. The van der Waals surface area contributed by atoms with Gasteiger partial charge in [0.25, 0.3) is 5.91 Å². The SMILES string of the molecule is COCc1cc(C(=O)N2CCN(CCBr)CC2)no1. The van der Waals surface area contributed by atoms with Gasteiger partial charge in [-0.25, -0.2) is 0 Å². The molecule has 106 valence electrons. The van der Waals surface area contributed by atoms with Gasteiger partial charge in [-0.1, -0.05) is 21.1 Å². The molecule has 0 atom stereocenters. The third-order valence-electron chi connectivity index (χ3n) is 3.12. The number of hydrogen-bond donors (Lipinski definition) is 0. The second kappa shape index (κ2) is 7.02. The summed E-state index contributed by atoms with van der Waals surface area (Å²) in [5.41, 5.74) is 0.362. The minimum atomic E-state index is -0.0652. The number of piperazine rings is 1. The first-order chi connectivity index (χ1) is 9.24. The first-order valence-corrected chi connectivity index (χ1v) is 7.39. The van der Waals surface area contributed by atoms with E-state index < -0.39 is 0 Å². The van der Waals surface area contributed by atoms with Gasteiger partial charge in [-0.05, 0) is 0 Å². The molecule has 1 saturated heterocycles. The van der Waals surface area contributed by atoms with Crippen molar-refractivity contribution >= 4 is 21.8 Å². The van der Waals surface area contributed by atoms with Crippen LogP contribution < -0.4 is 0 Å². The molecule has 0 aliphatic carbocycles. The van der Waals surface area contributed by atoms with Crippen LogP contribution in [0.2, 0.25) is 0 Å². The summed E-state index contributed by atoms with van der Waals surface area (Å²) in [5, 5.41) is 4.76. The predicted octanol–water partition coefficient (Wildman–Crippen LogP) is 0.974. The van der Waals surface area contributed by atoms with Crippen LogP contribution in [-0.2, 0) is 11.3 Å². The van der Waals surface area contributed by atoms with Crippen molar-refractivity contribution in [3.63, 3.8) is 0 Å². The zero-order valence-corrected chi connectivity index (χ0v) is 12.6. The second-order valence-corrected chi connectivity index (χ2v) is 5.23. The largest absolute Gasteiger partial charge is 0.377 e. The summed E-state index contributed by atoms with van der Waals surface area (Å²) >= 11 is 3.43. The van der Waals surface area contributed by atoms with E-state index in [1.165, 1.54) is 0 Å². The van der Waals surface area contributed by atoms with Gasteiger partial charge in [0, 0.05) is 51.2 Å². The van der Waals surface area contributed by atoms with Crippen molar-refractivity contribution in [3.8, 4) is 0 Å². The molecule has 2 rings (SSSR count). The van der Waals surface area contributed by atoms with E-state index in [9.17, 15) is 4.79 Å². The summed E-state index contributed by atoms with van der Waals surface area (Å²) in [6.07, 6.45) is 0. The van der Waals surface area contributed by atoms with E-state index in [2.05, 4.69) is 26.0 Å². The van der Waals surface area contributed by atoms with Crippen molar-refractivity contribution in [1.29, 1.82) is 0 Å². The Balaban J connectivity index is 1.89. The van der Waals surface area contributed by atoms with E-state index in [0.717, 1.165) is 38.1 Å². The van der Waals surface area contributed by atoms with Crippen molar-refractivity contribution < 1.29 is 14.1 Å².